The smallest absolute Gasteiger partial charge is 0.140 e. The highest BCUT2D eigenvalue weighted by Gasteiger charge is 2.11. The van der Waals surface area contributed by atoms with Crippen LogP contribution in [0, 0.1) is 3.70 Å². The van der Waals surface area contributed by atoms with Crippen molar-refractivity contribution < 1.29 is 4.74 Å². The van der Waals surface area contributed by atoms with E-state index in [0.717, 1.165) is 22.5 Å². The Morgan fingerprint density at radius 2 is 2.50 bits per heavy atom. The third kappa shape index (κ3) is 0.982. The number of aromatic nitrogens is 1. The first-order valence-corrected chi connectivity index (χ1v) is 4.21. The van der Waals surface area contributed by atoms with Crippen LogP contribution in [0.1, 0.15) is 5.56 Å². The summed E-state index contributed by atoms with van der Waals surface area (Å²) in [6, 6.07) is 2.07. The fourth-order valence-electron chi connectivity index (χ4n) is 1.05. The third-order valence-electron chi connectivity index (χ3n) is 1.54. The Labute approximate surface area is 72.8 Å². The molecule has 52 valence electrons. The van der Waals surface area contributed by atoms with E-state index in [-0.39, 0.29) is 0 Å². The SMILES string of the molecule is Ic1cc2c(cn1)OCC2. The molecule has 0 saturated heterocycles. The Balaban J connectivity index is 2.52. The van der Waals surface area contributed by atoms with Crippen LogP contribution >= 0.6 is 22.6 Å². The molecule has 0 bridgehead atoms. The zero-order valence-corrected chi connectivity index (χ0v) is 7.46. The third-order valence-corrected chi connectivity index (χ3v) is 2.13. The number of rotatable bonds is 0. The zero-order chi connectivity index (χ0) is 6.97. The number of pyridine rings is 1. The van der Waals surface area contributed by atoms with E-state index in [9.17, 15) is 0 Å². The van der Waals surface area contributed by atoms with Crippen molar-refractivity contribution in [3.05, 3.63) is 21.5 Å². The quantitative estimate of drug-likeness (QED) is 0.513. The molecule has 0 atom stereocenters. The maximum Gasteiger partial charge on any atom is 0.140 e. The molecule has 0 fully saturated rings. The number of hydrogen-bond donors (Lipinski definition) is 0. The van der Waals surface area contributed by atoms with Crippen LogP contribution in [-0.4, -0.2) is 11.6 Å². The molecule has 2 rings (SSSR count). The van der Waals surface area contributed by atoms with E-state index in [0.29, 0.717) is 0 Å². The summed E-state index contributed by atoms with van der Waals surface area (Å²) in [5.74, 6) is 0.959. The molecule has 3 heteroatoms. The van der Waals surface area contributed by atoms with Crippen LogP contribution in [0.3, 0.4) is 0 Å². The largest absolute Gasteiger partial charge is 0.491 e. The highest BCUT2D eigenvalue weighted by molar-refractivity contribution is 14.1. The second kappa shape index (κ2) is 2.38. The average molecular weight is 247 g/mol. The van der Waals surface area contributed by atoms with Gasteiger partial charge in [-0.3, -0.25) is 0 Å². The molecule has 10 heavy (non-hydrogen) atoms. The summed E-state index contributed by atoms with van der Waals surface area (Å²) in [5, 5.41) is 0. The second-order valence-corrected chi connectivity index (χ2v) is 3.32. The molecule has 0 spiro atoms. The van der Waals surface area contributed by atoms with Gasteiger partial charge in [0.25, 0.3) is 0 Å². The van der Waals surface area contributed by atoms with Crippen molar-refractivity contribution in [1.82, 2.24) is 4.98 Å². The van der Waals surface area contributed by atoms with E-state index in [1.54, 1.807) is 6.20 Å². The van der Waals surface area contributed by atoms with Gasteiger partial charge >= 0.3 is 0 Å². The number of hydrogen-bond acceptors (Lipinski definition) is 2. The van der Waals surface area contributed by atoms with E-state index in [1.807, 2.05) is 0 Å². The van der Waals surface area contributed by atoms with E-state index in [2.05, 4.69) is 33.6 Å². The summed E-state index contributed by atoms with van der Waals surface area (Å²) in [6.45, 7) is 0.817. The van der Waals surface area contributed by atoms with Gasteiger partial charge in [-0.2, -0.15) is 0 Å². The van der Waals surface area contributed by atoms with Crippen LogP contribution in [-0.2, 0) is 6.42 Å². The van der Waals surface area contributed by atoms with Crippen LogP contribution in [0.5, 0.6) is 5.75 Å². The highest BCUT2D eigenvalue weighted by Crippen LogP contribution is 2.24. The Bertz CT molecular complexity index is 262. The molecule has 0 saturated carbocycles. The lowest BCUT2D eigenvalue weighted by Gasteiger charge is -1.95. The maximum atomic E-state index is 5.29. The van der Waals surface area contributed by atoms with Gasteiger partial charge in [-0.1, -0.05) is 0 Å². The van der Waals surface area contributed by atoms with Gasteiger partial charge in [0, 0.05) is 12.0 Å². The van der Waals surface area contributed by atoms with Crippen molar-refractivity contribution in [2.45, 2.75) is 6.42 Å². The van der Waals surface area contributed by atoms with Crippen molar-refractivity contribution in [1.29, 1.82) is 0 Å². The number of halogens is 1. The van der Waals surface area contributed by atoms with Crippen LogP contribution in [0.2, 0.25) is 0 Å². The molecule has 0 radical (unpaired) electrons. The predicted molar refractivity (Wildman–Crippen MR) is 46.2 cm³/mol. The molecule has 0 aliphatic carbocycles. The Morgan fingerprint density at radius 1 is 1.60 bits per heavy atom. The van der Waals surface area contributed by atoms with Crippen molar-refractivity contribution >= 4 is 22.6 Å². The molecule has 0 unspecified atom stereocenters. The van der Waals surface area contributed by atoms with Crippen molar-refractivity contribution in [3.63, 3.8) is 0 Å². The molecule has 0 amide bonds. The molecule has 1 aromatic heterocycles. The summed E-state index contributed by atoms with van der Waals surface area (Å²) in [5.41, 5.74) is 1.29. The number of nitrogens with zero attached hydrogens (tertiary/aromatic N) is 1. The fourth-order valence-corrected chi connectivity index (χ4v) is 1.57. The van der Waals surface area contributed by atoms with Crippen LogP contribution in [0.4, 0.5) is 0 Å². The molecule has 0 aromatic carbocycles. The molecule has 1 aliphatic heterocycles. The summed E-state index contributed by atoms with van der Waals surface area (Å²) >= 11 is 2.21. The molecular weight excluding hydrogens is 241 g/mol. The minimum Gasteiger partial charge on any atom is -0.491 e. The van der Waals surface area contributed by atoms with Crippen molar-refractivity contribution in [2.75, 3.05) is 6.61 Å². The lowest BCUT2D eigenvalue weighted by molar-refractivity contribution is 0.355. The molecule has 2 heterocycles. The normalized spacial score (nSPS) is 14.5. The van der Waals surface area contributed by atoms with Gasteiger partial charge in [0.05, 0.1) is 12.8 Å². The first-order chi connectivity index (χ1) is 4.86. The van der Waals surface area contributed by atoms with Gasteiger partial charge in [0.1, 0.15) is 9.45 Å². The van der Waals surface area contributed by atoms with Gasteiger partial charge < -0.3 is 4.74 Å². The van der Waals surface area contributed by atoms with E-state index >= 15 is 0 Å². The van der Waals surface area contributed by atoms with E-state index < -0.39 is 0 Å². The number of ether oxygens (including phenoxy) is 1. The van der Waals surface area contributed by atoms with Gasteiger partial charge in [-0.05, 0) is 28.7 Å². The molecular formula is C7H6INO. The van der Waals surface area contributed by atoms with Crippen LogP contribution in [0.15, 0.2) is 12.3 Å². The minimum atomic E-state index is 0.817. The average Bonchev–Trinajstić information content (AvgIpc) is 2.33. The van der Waals surface area contributed by atoms with Crippen molar-refractivity contribution in [2.24, 2.45) is 0 Å². The topological polar surface area (TPSA) is 22.1 Å². The fraction of sp³-hybridized carbons (Fsp3) is 0.286. The second-order valence-electron chi connectivity index (χ2n) is 2.21. The highest BCUT2D eigenvalue weighted by atomic mass is 127. The first-order valence-electron chi connectivity index (χ1n) is 3.13. The monoisotopic (exact) mass is 247 g/mol. The molecule has 1 aromatic rings. The Morgan fingerprint density at radius 3 is 3.40 bits per heavy atom. The van der Waals surface area contributed by atoms with Gasteiger partial charge in [0.2, 0.25) is 0 Å². The van der Waals surface area contributed by atoms with E-state index in [1.165, 1.54) is 5.56 Å². The van der Waals surface area contributed by atoms with Gasteiger partial charge in [0.15, 0.2) is 0 Å². The molecule has 1 aliphatic rings. The summed E-state index contributed by atoms with van der Waals surface area (Å²) < 4.78 is 6.33. The molecule has 2 nitrogen and oxygen atoms in total. The zero-order valence-electron chi connectivity index (χ0n) is 5.30. The number of fused-ring (bicyclic) bond motifs is 1. The predicted octanol–water partition coefficient (Wildman–Crippen LogP) is 1.62. The standard InChI is InChI=1S/C7H6INO/c8-7-3-5-1-2-10-6(5)4-9-7/h3-4H,1-2H2. The van der Waals surface area contributed by atoms with E-state index in [4.69, 9.17) is 4.74 Å². The summed E-state index contributed by atoms with van der Waals surface area (Å²) in [7, 11) is 0. The van der Waals surface area contributed by atoms with Crippen molar-refractivity contribution in [3.8, 4) is 5.75 Å². The summed E-state index contributed by atoms with van der Waals surface area (Å²) in [4.78, 5) is 4.11. The Kier molecular flexibility index (Phi) is 1.52. The molecule has 0 N–H and O–H groups in total. The maximum absolute atomic E-state index is 5.29. The van der Waals surface area contributed by atoms with Crippen LogP contribution in [0.25, 0.3) is 0 Å². The minimum absolute atomic E-state index is 0.817. The first kappa shape index (κ1) is 6.39. The van der Waals surface area contributed by atoms with Gasteiger partial charge in [-0.15, -0.1) is 0 Å². The lowest BCUT2D eigenvalue weighted by atomic mass is 10.2. The lowest BCUT2D eigenvalue weighted by Crippen LogP contribution is -1.86. The Hall–Kier alpha value is -0.320. The van der Waals surface area contributed by atoms with Gasteiger partial charge in [-0.25, -0.2) is 4.98 Å². The summed E-state index contributed by atoms with van der Waals surface area (Å²) in [6.07, 6.45) is 2.83. The van der Waals surface area contributed by atoms with Crippen LogP contribution < -0.4 is 4.74 Å².